The van der Waals surface area contributed by atoms with Gasteiger partial charge in [0.25, 0.3) is 0 Å². The maximum Gasteiger partial charge on any atom is 0.191 e. The zero-order chi connectivity index (χ0) is 13.5. The molecule has 0 aliphatic carbocycles. The summed E-state index contributed by atoms with van der Waals surface area (Å²) in [5.74, 6) is 0.895. The van der Waals surface area contributed by atoms with E-state index in [-0.39, 0.29) is 29.4 Å². The summed E-state index contributed by atoms with van der Waals surface area (Å²) in [5, 5.41) is 6.76. The lowest BCUT2D eigenvalue weighted by molar-refractivity contribution is 0.241. The van der Waals surface area contributed by atoms with E-state index >= 15 is 0 Å². The number of nitrogens with zero attached hydrogens (tertiary/aromatic N) is 2. The van der Waals surface area contributed by atoms with Crippen molar-refractivity contribution >= 4 is 29.9 Å². The highest BCUT2D eigenvalue weighted by molar-refractivity contribution is 14.0. The van der Waals surface area contributed by atoms with Crippen LogP contribution in [0.4, 0.5) is 0 Å². The van der Waals surface area contributed by atoms with Crippen LogP contribution in [0.5, 0.6) is 0 Å². The van der Waals surface area contributed by atoms with Crippen LogP contribution in [-0.4, -0.2) is 51.1 Å². The van der Waals surface area contributed by atoms with Crippen LogP contribution in [0.15, 0.2) is 4.99 Å². The van der Waals surface area contributed by atoms with E-state index in [1.807, 2.05) is 7.05 Å². The number of halogens is 1. The Balaban J connectivity index is 0. The Kier molecular flexibility index (Phi) is 11.1. The van der Waals surface area contributed by atoms with E-state index in [0.717, 1.165) is 25.5 Å². The molecule has 1 unspecified atom stereocenters. The zero-order valence-corrected chi connectivity index (χ0v) is 15.3. The quantitative estimate of drug-likeness (QED) is 0.428. The molecule has 0 amide bonds. The molecule has 0 saturated heterocycles. The second-order valence-electron chi connectivity index (χ2n) is 5.78. The Bertz CT molecular complexity index is 239. The molecule has 0 aliphatic rings. The van der Waals surface area contributed by atoms with Gasteiger partial charge in [0.1, 0.15) is 0 Å². The van der Waals surface area contributed by atoms with Gasteiger partial charge in [0.15, 0.2) is 5.96 Å². The van der Waals surface area contributed by atoms with Crippen LogP contribution in [0.3, 0.4) is 0 Å². The highest BCUT2D eigenvalue weighted by Gasteiger charge is 2.19. The topological polar surface area (TPSA) is 39.7 Å². The third-order valence-electron chi connectivity index (χ3n) is 2.70. The first-order valence-corrected chi connectivity index (χ1v) is 6.42. The van der Waals surface area contributed by atoms with E-state index in [9.17, 15) is 0 Å². The molecule has 2 N–H and O–H groups in total. The van der Waals surface area contributed by atoms with Crippen LogP contribution in [0.1, 0.15) is 34.1 Å². The molecular weight excluding hydrogens is 339 g/mol. The van der Waals surface area contributed by atoms with Crippen molar-refractivity contribution in [1.82, 2.24) is 15.5 Å². The van der Waals surface area contributed by atoms with Gasteiger partial charge in [-0.3, -0.25) is 4.99 Å². The van der Waals surface area contributed by atoms with Crippen LogP contribution < -0.4 is 10.6 Å². The Labute approximate surface area is 130 Å². The van der Waals surface area contributed by atoms with Crippen molar-refractivity contribution in [3.63, 3.8) is 0 Å². The minimum Gasteiger partial charge on any atom is -0.356 e. The van der Waals surface area contributed by atoms with Gasteiger partial charge in [0.2, 0.25) is 0 Å². The third kappa shape index (κ3) is 9.94. The number of guanidine groups is 1. The van der Waals surface area contributed by atoms with Gasteiger partial charge in [0.05, 0.1) is 0 Å². The number of aliphatic imine (C=N–C) groups is 1. The normalized spacial score (nSPS) is 14.1. The lowest BCUT2D eigenvalue weighted by atomic mass is 9.93. The summed E-state index contributed by atoms with van der Waals surface area (Å²) in [6, 6.07) is 0.457. The van der Waals surface area contributed by atoms with Crippen LogP contribution in [0.25, 0.3) is 0 Å². The molecule has 0 radical (unpaired) electrons. The lowest BCUT2D eigenvalue weighted by Crippen LogP contribution is -2.47. The minimum absolute atomic E-state index is 0. The SMILES string of the molecule is CCC(C)NC(=NC)NCC(C)(C)CN(C)C.I. The molecular formula is C13H31IN4. The summed E-state index contributed by atoms with van der Waals surface area (Å²) in [5.41, 5.74) is 0.233. The van der Waals surface area contributed by atoms with E-state index in [4.69, 9.17) is 0 Å². The Hall–Kier alpha value is -0.0400. The van der Waals surface area contributed by atoms with Crippen LogP contribution in [-0.2, 0) is 0 Å². The van der Waals surface area contributed by atoms with Crippen LogP contribution in [0.2, 0.25) is 0 Å². The first-order chi connectivity index (χ1) is 7.80. The molecule has 0 aromatic carbocycles. The summed E-state index contributed by atoms with van der Waals surface area (Å²) in [7, 11) is 6.03. The van der Waals surface area contributed by atoms with Gasteiger partial charge in [-0.2, -0.15) is 0 Å². The molecule has 18 heavy (non-hydrogen) atoms. The molecule has 0 heterocycles. The van der Waals surface area contributed by atoms with Crippen molar-refractivity contribution in [2.75, 3.05) is 34.2 Å². The maximum absolute atomic E-state index is 4.24. The van der Waals surface area contributed by atoms with Gasteiger partial charge in [-0.05, 0) is 32.9 Å². The third-order valence-corrected chi connectivity index (χ3v) is 2.70. The smallest absolute Gasteiger partial charge is 0.191 e. The first-order valence-electron chi connectivity index (χ1n) is 6.42. The van der Waals surface area contributed by atoms with E-state index in [1.54, 1.807) is 0 Å². The molecule has 0 aliphatic heterocycles. The van der Waals surface area contributed by atoms with Crippen molar-refractivity contribution in [1.29, 1.82) is 0 Å². The first kappa shape index (κ1) is 20.3. The van der Waals surface area contributed by atoms with Gasteiger partial charge in [-0.25, -0.2) is 0 Å². The Morgan fingerprint density at radius 1 is 1.33 bits per heavy atom. The summed E-state index contributed by atoms with van der Waals surface area (Å²) < 4.78 is 0. The molecule has 0 bridgehead atoms. The summed E-state index contributed by atoms with van der Waals surface area (Å²) >= 11 is 0. The van der Waals surface area contributed by atoms with E-state index in [2.05, 4.69) is 62.3 Å². The predicted octanol–water partition coefficient (Wildman–Crippen LogP) is 2.16. The van der Waals surface area contributed by atoms with Gasteiger partial charge in [0, 0.05) is 26.2 Å². The highest BCUT2D eigenvalue weighted by Crippen LogP contribution is 2.13. The molecule has 4 nitrogen and oxygen atoms in total. The average Bonchev–Trinajstić information content (AvgIpc) is 2.21. The van der Waals surface area contributed by atoms with Crippen molar-refractivity contribution < 1.29 is 0 Å². The molecule has 1 atom stereocenters. The number of hydrogen-bond donors (Lipinski definition) is 2. The fraction of sp³-hybridized carbons (Fsp3) is 0.923. The highest BCUT2D eigenvalue weighted by atomic mass is 127. The van der Waals surface area contributed by atoms with Crippen LogP contribution >= 0.6 is 24.0 Å². The predicted molar refractivity (Wildman–Crippen MR) is 92.0 cm³/mol. The fourth-order valence-corrected chi connectivity index (χ4v) is 1.77. The standard InChI is InChI=1S/C13H30N4.HI/c1-8-11(2)16-12(14-5)15-9-13(3,4)10-17(6)7;/h11H,8-10H2,1-7H3,(H2,14,15,16);1H. The largest absolute Gasteiger partial charge is 0.356 e. The molecule has 0 rings (SSSR count). The minimum atomic E-state index is 0. The van der Waals surface area contributed by atoms with E-state index in [0.29, 0.717) is 6.04 Å². The second kappa shape index (κ2) is 9.83. The van der Waals surface area contributed by atoms with E-state index < -0.39 is 0 Å². The molecule has 0 spiro atoms. The monoisotopic (exact) mass is 370 g/mol. The zero-order valence-electron chi connectivity index (χ0n) is 13.0. The number of nitrogens with one attached hydrogen (secondary N) is 2. The molecule has 0 aromatic rings. The summed E-state index contributed by atoms with van der Waals surface area (Å²) in [4.78, 5) is 6.45. The summed E-state index contributed by atoms with van der Waals surface area (Å²) in [6.45, 7) is 10.8. The molecule has 0 aromatic heterocycles. The molecule has 0 fully saturated rings. The van der Waals surface area contributed by atoms with Gasteiger partial charge < -0.3 is 15.5 Å². The Morgan fingerprint density at radius 3 is 2.28 bits per heavy atom. The van der Waals surface area contributed by atoms with Crippen molar-refractivity contribution in [3.05, 3.63) is 0 Å². The van der Waals surface area contributed by atoms with Crippen LogP contribution in [0, 0.1) is 5.41 Å². The van der Waals surface area contributed by atoms with Gasteiger partial charge in [-0.15, -0.1) is 24.0 Å². The molecule has 0 saturated carbocycles. The number of rotatable bonds is 6. The molecule has 110 valence electrons. The molecule has 5 heteroatoms. The van der Waals surface area contributed by atoms with Gasteiger partial charge in [-0.1, -0.05) is 20.8 Å². The van der Waals surface area contributed by atoms with Crippen molar-refractivity contribution in [2.45, 2.75) is 40.2 Å². The average molecular weight is 370 g/mol. The fourth-order valence-electron chi connectivity index (χ4n) is 1.77. The van der Waals surface area contributed by atoms with Gasteiger partial charge >= 0.3 is 0 Å². The number of hydrogen-bond acceptors (Lipinski definition) is 2. The lowest BCUT2D eigenvalue weighted by Gasteiger charge is -2.29. The second-order valence-corrected chi connectivity index (χ2v) is 5.78. The van der Waals surface area contributed by atoms with E-state index in [1.165, 1.54) is 0 Å². The van der Waals surface area contributed by atoms with Crippen molar-refractivity contribution in [2.24, 2.45) is 10.4 Å². The summed E-state index contributed by atoms with van der Waals surface area (Å²) in [6.07, 6.45) is 1.10. The maximum atomic E-state index is 4.24. The van der Waals surface area contributed by atoms with Crippen molar-refractivity contribution in [3.8, 4) is 0 Å². The Morgan fingerprint density at radius 2 is 1.89 bits per heavy atom.